The average Bonchev–Trinajstić information content (AvgIpc) is 3.29. The molecule has 0 aromatic carbocycles. The number of ether oxygens (including phenoxy) is 3. The lowest BCUT2D eigenvalue weighted by molar-refractivity contribution is -0.153. The molecule has 2 aliphatic carbocycles. The van der Waals surface area contributed by atoms with Crippen molar-refractivity contribution in [3.8, 4) is 0 Å². The number of fused-ring (bicyclic) bond motifs is 2. The highest BCUT2D eigenvalue weighted by Gasteiger charge is 2.52. The molecule has 0 N–H and O–H groups in total. The molecule has 0 amide bonds. The van der Waals surface area contributed by atoms with E-state index in [1.807, 2.05) is 0 Å². The number of hydrogen-bond acceptors (Lipinski definition) is 4. The van der Waals surface area contributed by atoms with Crippen LogP contribution in [0.3, 0.4) is 0 Å². The third-order valence-electron chi connectivity index (χ3n) is 5.91. The second kappa shape index (κ2) is 4.70. The number of carbonyl (C=O) groups is 1. The first-order valence-corrected chi connectivity index (χ1v) is 8.11. The molecule has 112 valence electrons. The van der Waals surface area contributed by atoms with Gasteiger partial charge in [-0.3, -0.25) is 4.79 Å². The predicted octanol–water partition coefficient (Wildman–Crippen LogP) is 2.16. The molecule has 0 aromatic rings. The Labute approximate surface area is 120 Å². The second-order valence-electron chi connectivity index (χ2n) is 7.23. The molecule has 20 heavy (non-hydrogen) atoms. The molecule has 2 saturated carbocycles. The SMILES string of the molecule is CC1CC2OC2CC1COC(=O)C1CCC2OC2C1C. The van der Waals surface area contributed by atoms with E-state index < -0.39 is 0 Å². The molecule has 0 aromatic heterocycles. The molecule has 0 spiro atoms. The fourth-order valence-electron chi connectivity index (χ4n) is 4.23. The molecule has 4 fully saturated rings. The van der Waals surface area contributed by atoms with Gasteiger partial charge >= 0.3 is 5.97 Å². The first-order valence-electron chi connectivity index (χ1n) is 8.11. The summed E-state index contributed by atoms with van der Waals surface area (Å²) in [5.41, 5.74) is 0. The molecule has 4 nitrogen and oxygen atoms in total. The minimum absolute atomic E-state index is 0.00233. The smallest absolute Gasteiger partial charge is 0.309 e. The summed E-state index contributed by atoms with van der Waals surface area (Å²) >= 11 is 0. The number of carbonyl (C=O) groups excluding carboxylic acids is 1. The van der Waals surface area contributed by atoms with Crippen LogP contribution in [-0.4, -0.2) is 37.0 Å². The van der Waals surface area contributed by atoms with Gasteiger partial charge in [-0.15, -0.1) is 0 Å². The van der Waals surface area contributed by atoms with Crippen molar-refractivity contribution in [2.45, 2.75) is 63.9 Å². The van der Waals surface area contributed by atoms with E-state index in [0.29, 0.717) is 48.8 Å². The fourth-order valence-corrected chi connectivity index (χ4v) is 4.23. The van der Waals surface area contributed by atoms with E-state index in [1.165, 1.54) is 0 Å². The van der Waals surface area contributed by atoms with E-state index in [0.717, 1.165) is 25.7 Å². The lowest BCUT2D eigenvalue weighted by Crippen LogP contribution is -2.34. The number of hydrogen-bond donors (Lipinski definition) is 0. The fraction of sp³-hybridized carbons (Fsp3) is 0.938. The van der Waals surface area contributed by atoms with Gasteiger partial charge in [-0.1, -0.05) is 13.8 Å². The van der Waals surface area contributed by atoms with Crippen LogP contribution < -0.4 is 0 Å². The first kappa shape index (κ1) is 13.1. The molecule has 2 heterocycles. The largest absolute Gasteiger partial charge is 0.465 e. The monoisotopic (exact) mass is 280 g/mol. The van der Waals surface area contributed by atoms with Crippen LogP contribution in [0.1, 0.15) is 39.5 Å². The van der Waals surface area contributed by atoms with E-state index in [9.17, 15) is 4.79 Å². The van der Waals surface area contributed by atoms with Crippen molar-refractivity contribution in [1.29, 1.82) is 0 Å². The second-order valence-corrected chi connectivity index (χ2v) is 7.23. The van der Waals surface area contributed by atoms with Crippen molar-refractivity contribution in [3.05, 3.63) is 0 Å². The first-order chi connectivity index (χ1) is 9.63. The topological polar surface area (TPSA) is 51.4 Å². The lowest BCUT2D eigenvalue weighted by Gasteiger charge is -2.28. The van der Waals surface area contributed by atoms with Crippen molar-refractivity contribution < 1.29 is 19.0 Å². The Morgan fingerprint density at radius 1 is 1.10 bits per heavy atom. The summed E-state index contributed by atoms with van der Waals surface area (Å²) in [7, 11) is 0. The third kappa shape index (κ3) is 2.27. The highest BCUT2D eigenvalue weighted by atomic mass is 16.6. The van der Waals surface area contributed by atoms with Crippen LogP contribution in [-0.2, 0) is 19.0 Å². The third-order valence-corrected chi connectivity index (χ3v) is 5.91. The summed E-state index contributed by atoms with van der Waals surface area (Å²) in [5, 5.41) is 0. The molecule has 0 radical (unpaired) electrons. The highest BCUT2D eigenvalue weighted by molar-refractivity contribution is 5.73. The van der Waals surface area contributed by atoms with Gasteiger partial charge in [0, 0.05) is 0 Å². The molecule has 8 atom stereocenters. The Balaban J connectivity index is 1.29. The normalized spacial score (nSPS) is 52.7. The van der Waals surface area contributed by atoms with Gasteiger partial charge in [-0.25, -0.2) is 0 Å². The van der Waals surface area contributed by atoms with Crippen molar-refractivity contribution in [2.75, 3.05) is 6.61 Å². The van der Waals surface area contributed by atoms with Crippen LogP contribution in [0, 0.1) is 23.7 Å². The lowest BCUT2D eigenvalue weighted by atomic mass is 9.80. The average molecular weight is 280 g/mol. The van der Waals surface area contributed by atoms with Gasteiger partial charge in [0.1, 0.15) is 0 Å². The van der Waals surface area contributed by atoms with Crippen LogP contribution in [0.15, 0.2) is 0 Å². The minimum atomic E-state index is -0.00233. The quantitative estimate of drug-likeness (QED) is 0.587. The molecular formula is C16H24O4. The van der Waals surface area contributed by atoms with Gasteiger partial charge in [0.25, 0.3) is 0 Å². The van der Waals surface area contributed by atoms with Gasteiger partial charge in [0.05, 0.1) is 36.9 Å². The standard InChI is InChI=1S/C16H24O4/c1-8-5-13-14(19-13)6-10(8)7-18-16(17)11-3-4-12-15(20-12)9(11)2/h8-15H,3-7H2,1-2H3. The molecule has 4 aliphatic rings. The maximum atomic E-state index is 12.3. The van der Waals surface area contributed by atoms with Gasteiger partial charge in [0.15, 0.2) is 0 Å². The van der Waals surface area contributed by atoms with Gasteiger partial charge < -0.3 is 14.2 Å². The molecular weight excluding hydrogens is 256 g/mol. The van der Waals surface area contributed by atoms with E-state index >= 15 is 0 Å². The van der Waals surface area contributed by atoms with Crippen LogP contribution >= 0.6 is 0 Å². The molecule has 4 rings (SSSR count). The summed E-state index contributed by atoms with van der Waals surface area (Å²) in [6.07, 6.45) is 5.83. The van der Waals surface area contributed by atoms with Crippen LogP contribution in [0.25, 0.3) is 0 Å². The molecule has 4 heteroatoms. The Morgan fingerprint density at radius 2 is 1.90 bits per heavy atom. The molecule has 0 bridgehead atoms. The van der Waals surface area contributed by atoms with E-state index in [-0.39, 0.29) is 11.9 Å². The number of esters is 1. The maximum absolute atomic E-state index is 12.3. The van der Waals surface area contributed by atoms with Crippen molar-refractivity contribution in [3.63, 3.8) is 0 Å². The Morgan fingerprint density at radius 3 is 2.75 bits per heavy atom. The Hall–Kier alpha value is -0.610. The van der Waals surface area contributed by atoms with Gasteiger partial charge in [-0.2, -0.15) is 0 Å². The Bertz CT molecular complexity index is 409. The van der Waals surface area contributed by atoms with E-state index in [2.05, 4.69) is 13.8 Å². The summed E-state index contributed by atoms with van der Waals surface area (Å²) in [6, 6.07) is 0. The zero-order valence-corrected chi connectivity index (χ0v) is 12.3. The minimum Gasteiger partial charge on any atom is -0.465 e. The maximum Gasteiger partial charge on any atom is 0.309 e. The summed E-state index contributed by atoms with van der Waals surface area (Å²) < 4.78 is 16.8. The number of epoxide rings is 2. The zero-order valence-electron chi connectivity index (χ0n) is 12.3. The van der Waals surface area contributed by atoms with Crippen molar-refractivity contribution >= 4 is 5.97 Å². The molecule has 2 aliphatic heterocycles. The highest BCUT2D eigenvalue weighted by Crippen LogP contribution is 2.45. The van der Waals surface area contributed by atoms with Crippen LogP contribution in [0.4, 0.5) is 0 Å². The summed E-state index contributed by atoms with van der Waals surface area (Å²) in [4.78, 5) is 12.3. The van der Waals surface area contributed by atoms with E-state index in [1.54, 1.807) is 0 Å². The molecule has 8 unspecified atom stereocenters. The van der Waals surface area contributed by atoms with Crippen molar-refractivity contribution in [1.82, 2.24) is 0 Å². The molecule has 2 saturated heterocycles. The summed E-state index contributed by atoms with van der Waals surface area (Å²) in [6.45, 7) is 4.95. The van der Waals surface area contributed by atoms with E-state index in [4.69, 9.17) is 14.2 Å². The van der Waals surface area contributed by atoms with Gasteiger partial charge in [0.2, 0.25) is 0 Å². The van der Waals surface area contributed by atoms with Crippen molar-refractivity contribution in [2.24, 2.45) is 23.7 Å². The summed E-state index contributed by atoms with van der Waals surface area (Å²) in [5.74, 6) is 1.44. The predicted molar refractivity (Wildman–Crippen MR) is 72.1 cm³/mol. The zero-order chi connectivity index (χ0) is 13.9. The van der Waals surface area contributed by atoms with Crippen LogP contribution in [0.5, 0.6) is 0 Å². The van der Waals surface area contributed by atoms with Crippen LogP contribution in [0.2, 0.25) is 0 Å². The van der Waals surface area contributed by atoms with Gasteiger partial charge in [-0.05, 0) is 43.4 Å². The number of rotatable bonds is 3. The Kier molecular flexibility index (Phi) is 3.08.